The summed E-state index contributed by atoms with van der Waals surface area (Å²) in [7, 11) is 1.77. The predicted molar refractivity (Wildman–Crippen MR) is 137 cm³/mol. The lowest BCUT2D eigenvalue weighted by molar-refractivity contribution is -0.111. The van der Waals surface area contributed by atoms with Gasteiger partial charge in [-0.15, -0.1) is 0 Å². The average Bonchev–Trinajstić information content (AvgIpc) is 2.79. The maximum Gasteiger partial charge on any atom is 0.258 e. The highest BCUT2D eigenvalue weighted by atomic mass is 16.1. The molecule has 0 fully saturated rings. The van der Waals surface area contributed by atoms with Gasteiger partial charge in [-0.25, -0.2) is 0 Å². The number of carbonyl (C=O) groups excluding carboxylic acids is 1. The average molecular weight is 437 g/mol. The van der Waals surface area contributed by atoms with E-state index in [1.165, 1.54) is 28.3 Å². The van der Waals surface area contributed by atoms with Crippen LogP contribution in [0.15, 0.2) is 78.2 Å². The van der Waals surface area contributed by atoms with Crippen molar-refractivity contribution in [1.29, 1.82) is 0 Å². The van der Waals surface area contributed by atoms with Crippen molar-refractivity contribution in [1.82, 2.24) is 4.57 Å². The van der Waals surface area contributed by atoms with Crippen LogP contribution in [0.3, 0.4) is 0 Å². The van der Waals surface area contributed by atoms with Crippen LogP contribution in [0.25, 0.3) is 21.9 Å². The van der Waals surface area contributed by atoms with E-state index in [-0.39, 0.29) is 11.5 Å². The van der Waals surface area contributed by atoms with Gasteiger partial charge in [-0.05, 0) is 84.7 Å². The number of hydrogen-bond donors (Lipinski definition) is 1. The first kappa shape index (κ1) is 22.3. The number of nitrogens with one attached hydrogen (secondary N) is 1. The largest absolute Gasteiger partial charge is 0.323 e. The molecule has 4 nitrogen and oxygen atoms in total. The summed E-state index contributed by atoms with van der Waals surface area (Å²) in [5.74, 6) is -0.260. The van der Waals surface area contributed by atoms with Crippen molar-refractivity contribution in [3.8, 4) is 11.1 Å². The molecule has 0 atom stereocenters. The van der Waals surface area contributed by atoms with E-state index in [0.717, 1.165) is 28.5 Å². The summed E-state index contributed by atoms with van der Waals surface area (Å²) in [5.41, 5.74) is 8.79. The quantitative estimate of drug-likeness (QED) is 0.399. The van der Waals surface area contributed by atoms with Crippen molar-refractivity contribution in [2.24, 2.45) is 7.05 Å². The Labute approximate surface area is 194 Å². The Balaban J connectivity index is 1.96. The number of aromatic nitrogens is 1. The number of aryl methyl sites for hydroxylation is 4. The Bertz CT molecular complexity index is 1440. The van der Waals surface area contributed by atoms with Crippen LogP contribution in [-0.4, -0.2) is 10.5 Å². The number of amides is 1. The fraction of sp³-hybridized carbons (Fsp3) is 0.172. The minimum atomic E-state index is -0.260. The number of rotatable bonds is 5. The highest BCUT2D eigenvalue weighted by molar-refractivity contribution is 6.01. The highest BCUT2D eigenvalue weighted by Gasteiger charge is 2.15. The minimum absolute atomic E-state index is 0.0303. The fourth-order valence-electron chi connectivity index (χ4n) is 4.56. The Hall–Kier alpha value is -3.92. The van der Waals surface area contributed by atoms with Gasteiger partial charge in [0.05, 0.1) is 0 Å². The lowest BCUT2D eigenvalue weighted by atomic mass is 9.89. The molecule has 33 heavy (non-hydrogen) atoms. The normalized spacial score (nSPS) is 10.9. The third kappa shape index (κ3) is 4.37. The summed E-state index contributed by atoms with van der Waals surface area (Å²) in [4.78, 5) is 24.7. The molecule has 0 spiro atoms. The van der Waals surface area contributed by atoms with Crippen LogP contribution in [0.5, 0.6) is 0 Å². The predicted octanol–water partition coefficient (Wildman–Crippen LogP) is 5.85. The third-order valence-electron chi connectivity index (χ3n) is 6.15. The van der Waals surface area contributed by atoms with Gasteiger partial charge >= 0.3 is 0 Å². The molecular weight excluding hydrogens is 408 g/mol. The molecule has 4 heteroatoms. The number of pyridine rings is 1. The van der Waals surface area contributed by atoms with Crippen molar-refractivity contribution in [3.63, 3.8) is 0 Å². The maximum atomic E-state index is 12.8. The molecule has 3 aromatic carbocycles. The summed E-state index contributed by atoms with van der Waals surface area (Å²) in [6.07, 6.45) is 3.89. The first-order valence-corrected chi connectivity index (χ1v) is 11.0. The van der Waals surface area contributed by atoms with E-state index < -0.39 is 0 Å². The molecule has 0 saturated carbocycles. The van der Waals surface area contributed by atoms with Crippen molar-refractivity contribution >= 4 is 22.4 Å². The maximum absolute atomic E-state index is 12.8. The first-order valence-electron chi connectivity index (χ1n) is 11.0. The van der Waals surface area contributed by atoms with Crippen LogP contribution < -0.4 is 10.9 Å². The lowest BCUT2D eigenvalue weighted by Gasteiger charge is -2.18. The van der Waals surface area contributed by atoms with Crippen molar-refractivity contribution in [2.45, 2.75) is 27.2 Å². The van der Waals surface area contributed by atoms with E-state index >= 15 is 0 Å². The second kappa shape index (κ2) is 8.91. The topological polar surface area (TPSA) is 51.1 Å². The van der Waals surface area contributed by atoms with E-state index in [1.807, 2.05) is 42.6 Å². The smallest absolute Gasteiger partial charge is 0.258 e. The summed E-state index contributed by atoms with van der Waals surface area (Å²) in [6.45, 7) is 9.96. The molecule has 1 aromatic heterocycles. The van der Waals surface area contributed by atoms with E-state index in [0.29, 0.717) is 11.1 Å². The van der Waals surface area contributed by atoms with Crippen LogP contribution >= 0.6 is 0 Å². The van der Waals surface area contributed by atoms with Crippen LogP contribution in [-0.2, 0) is 18.3 Å². The van der Waals surface area contributed by atoms with E-state index in [1.54, 1.807) is 11.6 Å². The number of nitrogens with zero attached hydrogens (tertiary/aromatic N) is 1. The van der Waals surface area contributed by atoms with Gasteiger partial charge in [0.15, 0.2) is 0 Å². The van der Waals surface area contributed by atoms with Gasteiger partial charge < -0.3 is 9.88 Å². The van der Waals surface area contributed by atoms with Crippen molar-refractivity contribution in [2.75, 3.05) is 5.32 Å². The minimum Gasteiger partial charge on any atom is -0.323 e. The molecule has 0 aliphatic carbocycles. The number of fused-ring (bicyclic) bond motifs is 1. The van der Waals surface area contributed by atoms with Gasteiger partial charge in [-0.1, -0.05) is 48.5 Å². The molecular formula is C29H28N2O2. The molecule has 0 bridgehead atoms. The summed E-state index contributed by atoms with van der Waals surface area (Å²) < 4.78 is 1.62. The Morgan fingerprint density at radius 3 is 2.30 bits per heavy atom. The zero-order valence-electron chi connectivity index (χ0n) is 19.5. The Morgan fingerprint density at radius 1 is 0.970 bits per heavy atom. The molecule has 166 valence electrons. The zero-order chi connectivity index (χ0) is 23.7. The van der Waals surface area contributed by atoms with E-state index in [4.69, 9.17) is 0 Å². The van der Waals surface area contributed by atoms with Gasteiger partial charge in [-0.3, -0.25) is 9.59 Å². The number of anilines is 1. The van der Waals surface area contributed by atoms with E-state index in [9.17, 15) is 9.59 Å². The second-order valence-corrected chi connectivity index (χ2v) is 8.62. The monoisotopic (exact) mass is 436 g/mol. The number of hydrogen-bond acceptors (Lipinski definition) is 2. The van der Waals surface area contributed by atoms with Gasteiger partial charge in [0, 0.05) is 29.9 Å². The Kier molecular flexibility index (Phi) is 6.01. The van der Waals surface area contributed by atoms with Gasteiger partial charge in [0.1, 0.15) is 0 Å². The molecule has 4 aromatic rings. The molecule has 0 aliphatic heterocycles. The number of benzene rings is 3. The van der Waals surface area contributed by atoms with Crippen LogP contribution in [0, 0.1) is 20.8 Å². The molecule has 0 aliphatic rings. The van der Waals surface area contributed by atoms with Crippen molar-refractivity contribution in [3.05, 3.63) is 112 Å². The fourth-order valence-corrected chi connectivity index (χ4v) is 4.56. The standard InChI is InChI=1S/C29H28N2O2/c1-6-28(32)30-22-12-11-21(15-25-19(3)13-18(2)14-20(25)4)26(16-22)27-17-31(5)29(33)24-10-8-7-9-23(24)27/h6-14,16-17H,1,15H2,2-5H3,(H,30,32). The van der Waals surface area contributed by atoms with Gasteiger partial charge in [0.25, 0.3) is 5.56 Å². The number of carbonyl (C=O) groups is 1. The molecule has 1 N–H and O–H groups in total. The van der Waals surface area contributed by atoms with E-state index in [2.05, 4.69) is 50.9 Å². The van der Waals surface area contributed by atoms with Gasteiger partial charge in [-0.2, -0.15) is 0 Å². The van der Waals surface area contributed by atoms with Crippen LogP contribution in [0.1, 0.15) is 27.8 Å². The second-order valence-electron chi connectivity index (χ2n) is 8.62. The summed E-state index contributed by atoms with van der Waals surface area (Å²) >= 11 is 0. The molecule has 0 radical (unpaired) electrons. The SMILES string of the molecule is C=CC(=O)Nc1ccc(Cc2c(C)cc(C)cc2C)c(-c2cn(C)c(=O)c3ccccc23)c1. The molecule has 4 rings (SSSR count). The molecule has 0 saturated heterocycles. The van der Waals surface area contributed by atoms with Crippen LogP contribution in [0.2, 0.25) is 0 Å². The molecule has 1 amide bonds. The highest BCUT2D eigenvalue weighted by Crippen LogP contribution is 2.34. The first-order chi connectivity index (χ1) is 15.8. The summed E-state index contributed by atoms with van der Waals surface area (Å²) in [5, 5.41) is 4.44. The van der Waals surface area contributed by atoms with Crippen molar-refractivity contribution < 1.29 is 4.79 Å². The lowest BCUT2D eigenvalue weighted by Crippen LogP contribution is -2.16. The molecule has 1 heterocycles. The van der Waals surface area contributed by atoms with Crippen LogP contribution in [0.4, 0.5) is 5.69 Å². The molecule has 0 unspecified atom stereocenters. The van der Waals surface area contributed by atoms with Gasteiger partial charge in [0.2, 0.25) is 5.91 Å². The Morgan fingerprint density at radius 2 is 1.64 bits per heavy atom. The zero-order valence-corrected chi connectivity index (χ0v) is 19.5. The summed E-state index contributed by atoms with van der Waals surface area (Å²) in [6, 6.07) is 18.1. The third-order valence-corrected chi connectivity index (χ3v) is 6.15.